The fourth-order valence-corrected chi connectivity index (χ4v) is 3.61. The van der Waals surface area contributed by atoms with Crippen LogP contribution in [0.5, 0.6) is 0 Å². The molecule has 16 heavy (non-hydrogen) atoms. The summed E-state index contributed by atoms with van der Waals surface area (Å²) in [7, 11) is 2.15. The van der Waals surface area contributed by atoms with Crippen molar-refractivity contribution >= 4 is 21.3 Å². The van der Waals surface area contributed by atoms with E-state index in [0.717, 1.165) is 18.1 Å². The Balaban J connectivity index is 1.81. The van der Waals surface area contributed by atoms with Gasteiger partial charge in [0.05, 0.1) is 9.92 Å². The zero-order valence-electron chi connectivity index (χ0n) is 9.00. The van der Waals surface area contributed by atoms with Crippen LogP contribution in [0.4, 0.5) is 10.0 Å². The molecule has 2 unspecified atom stereocenters. The summed E-state index contributed by atoms with van der Waals surface area (Å²) in [5.74, 6) is 0. The summed E-state index contributed by atoms with van der Waals surface area (Å²) in [5, 5.41) is 11.9. The Kier molecular flexibility index (Phi) is 2.15. The fourth-order valence-electron chi connectivity index (χ4n) is 2.71. The van der Waals surface area contributed by atoms with Crippen molar-refractivity contribution in [3.63, 3.8) is 0 Å². The molecule has 2 aliphatic heterocycles. The van der Waals surface area contributed by atoms with Crippen molar-refractivity contribution in [3.8, 4) is 0 Å². The molecule has 2 aliphatic rings. The summed E-state index contributed by atoms with van der Waals surface area (Å²) in [4.78, 5) is 15.0. The summed E-state index contributed by atoms with van der Waals surface area (Å²) < 4.78 is 0. The molecule has 0 N–H and O–H groups in total. The third-order valence-electron chi connectivity index (χ3n) is 3.56. The van der Waals surface area contributed by atoms with Crippen molar-refractivity contribution < 1.29 is 4.92 Å². The first-order chi connectivity index (χ1) is 7.65. The van der Waals surface area contributed by atoms with E-state index in [-0.39, 0.29) is 9.92 Å². The Morgan fingerprint density at radius 1 is 1.44 bits per heavy atom. The number of likely N-dealkylation sites (tertiary alicyclic amines) is 1. The lowest BCUT2D eigenvalue weighted by molar-refractivity contribution is -0.380. The van der Waals surface area contributed by atoms with E-state index in [1.807, 2.05) is 6.07 Å². The lowest BCUT2D eigenvalue weighted by Crippen LogP contribution is -2.44. The minimum absolute atomic E-state index is 0.242. The Morgan fingerprint density at radius 2 is 2.25 bits per heavy atom. The van der Waals surface area contributed by atoms with Gasteiger partial charge >= 0.3 is 5.00 Å². The molecule has 86 valence electrons. The maximum atomic E-state index is 10.6. The first-order valence-electron chi connectivity index (χ1n) is 5.36. The highest BCUT2D eigenvalue weighted by atomic mass is 32.1. The number of anilines is 1. The van der Waals surface area contributed by atoms with E-state index in [4.69, 9.17) is 0 Å². The largest absolute Gasteiger partial charge is 0.357 e. The van der Waals surface area contributed by atoms with Crippen molar-refractivity contribution in [2.75, 3.05) is 25.0 Å². The van der Waals surface area contributed by atoms with Crippen molar-refractivity contribution in [1.82, 2.24) is 4.90 Å². The molecule has 3 rings (SSSR count). The molecule has 1 aromatic heterocycles. The molecule has 0 amide bonds. The Bertz CT molecular complexity index is 431. The Labute approximate surface area is 97.4 Å². The second-order valence-corrected chi connectivity index (χ2v) is 5.54. The molecular formula is C10H13N3O2S. The van der Waals surface area contributed by atoms with Crippen LogP contribution in [0.25, 0.3) is 0 Å². The second-order valence-electron chi connectivity index (χ2n) is 4.50. The average Bonchev–Trinajstić information content (AvgIpc) is 2.88. The molecule has 2 saturated heterocycles. The molecule has 6 heteroatoms. The van der Waals surface area contributed by atoms with Crippen molar-refractivity contribution in [1.29, 1.82) is 0 Å². The monoisotopic (exact) mass is 239 g/mol. The van der Waals surface area contributed by atoms with E-state index in [1.165, 1.54) is 17.8 Å². The van der Waals surface area contributed by atoms with Crippen LogP contribution in [-0.4, -0.2) is 42.0 Å². The molecule has 5 nitrogen and oxygen atoms in total. The van der Waals surface area contributed by atoms with Gasteiger partial charge in [0.15, 0.2) is 0 Å². The first kappa shape index (κ1) is 10.0. The van der Waals surface area contributed by atoms with E-state index in [2.05, 4.69) is 16.8 Å². The summed E-state index contributed by atoms with van der Waals surface area (Å²) in [6.07, 6.45) is 1.20. The van der Waals surface area contributed by atoms with Crippen LogP contribution < -0.4 is 4.90 Å². The van der Waals surface area contributed by atoms with Crippen LogP contribution in [-0.2, 0) is 0 Å². The highest BCUT2D eigenvalue weighted by Gasteiger charge is 2.42. The second kappa shape index (κ2) is 3.43. The maximum absolute atomic E-state index is 10.6. The fraction of sp³-hybridized carbons (Fsp3) is 0.600. The van der Waals surface area contributed by atoms with Crippen LogP contribution in [0.3, 0.4) is 0 Å². The molecule has 0 radical (unpaired) electrons. The number of hydrogen-bond acceptors (Lipinski definition) is 5. The van der Waals surface area contributed by atoms with Crippen molar-refractivity contribution in [3.05, 3.63) is 22.2 Å². The number of fused-ring (bicyclic) bond motifs is 2. The van der Waals surface area contributed by atoms with Gasteiger partial charge in [0.25, 0.3) is 0 Å². The molecule has 0 aromatic carbocycles. The number of thiophene rings is 1. The Hall–Kier alpha value is -1.14. The van der Waals surface area contributed by atoms with Crippen LogP contribution in [0.2, 0.25) is 0 Å². The molecule has 2 fully saturated rings. The molecule has 3 heterocycles. The lowest BCUT2D eigenvalue weighted by atomic mass is 10.2. The molecule has 1 aromatic rings. The smallest absolute Gasteiger partial charge is 0.326 e. The van der Waals surface area contributed by atoms with Gasteiger partial charge in [-0.05, 0) is 30.9 Å². The quantitative estimate of drug-likeness (QED) is 0.580. The van der Waals surface area contributed by atoms with Gasteiger partial charge < -0.3 is 4.90 Å². The number of hydrogen-bond donors (Lipinski definition) is 0. The van der Waals surface area contributed by atoms with Gasteiger partial charge in [-0.1, -0.05) is 0 Å². The Morgan fingerprint density at radius 3 is 2.75 bits per heavy atom. The standard InChI is InChI=1S/C10H13N3O2S/c1-11-5-8-4-7(11)6-12(8)9-2-3-10(16-9)13(14)15/h2-3,7-8H,4-6H2,1H3. The highest BCUT2D eigenvalue weighted by molar-refractivity contribution is 7.19. The SMILES string of the molecule is CN1CC2CC1CN2c1ccc([N+](=O)[O-])s1. The zero-order chi connectivity index (χ0) is 11.3. The van der Waals surface area contributed by atoms with Gasteiger partial charge in [0.2, 0.25) is 0 Å². The highest BCUT2D eigenvalue weighted by Crippen LogP contribution is 2.39. The summed E-state index contributed by atoms with van der Waals surface area (Å²) in [6.45, 7) is 2.09. The van der Waals surface area contributed by atoms with E-state index in [9.17, 15) is 10.1 Å². The molecule has 0 spiro atoms. The van der Waals surface area contributed by atoms with E-state index < -0.39 is 0 Å². The summed E-state index contributed by atoms with van der Waals surface area (Å²) in [5.41, 5.74) is 0. The van der Waals surface area contributed by atoms with Gasteiger partial charge in [-0.3, -0.25) is 15.0 Å². The van der Waals surface area contributed by atoms with Gasteiger partial charge in [-0.15, -0.1) is 0 Å². The minimum Gasteiger partial charge on any atom is -0.357 e. The molecular weight excluding hydrogens is 226 g/mol. The molecule has 0 saturated carbocycles. The molecule has 2 atom stereocenters. The van der Waals surface area contributed by atoms with Crippen LogP contribution in [0.1, 0.15) is 6.42 Å². The summed E-state index contributed by atoms with van der Waals surface area (Å²) >= 11 is 1.29. The lowest BCUT2D eigenvalue weighted by Gasteiger charge is -2.32. The van der Waals surface area contributed by atoms with Gasteiger partial charge in [0, 0.05) is 31.2 Å². The zero-order valence-corrected chi connectivity index (χ0v) is 9.81. The third-order valence-corrected chi connectivity index (χ3v) is 4.63. The third kappa shape index (κ3) is 1.41. The maximum Gasteiger partial charge on any atom is 0.326 e. The van der Waals surface area contributed by atoms with Gasteiger partial charge in [-0.2, -0.15) is 0 Å². The predicted octanol–water partition coefficient (Wildman–Crippen LogP) is 1.55. The number of piperazine rings is 1. The van der Waals surface area contributed by atoms with Gasteiger partial charge in [0.1, 0.15) is 0 Å². The van der Waals surface area contributed by atoms with E-state index >= 15 is 0 Å². The van der Waals surface area contributed by atoms with Crippen LogP contribution in [0, 0.1) is 10.1 Å². The van der Waals surface area contributed by atoms with E-state index in [1.54, 1.807) is 6.07 Å². The number of rotatable bonds is 2. The predicted molar refractivity (Wildman–Crippen MR) is 63.1 cm³/mol. The van der Waals surface area contributed by atoms with Crippen LogP contribution >= 0.6 is 11.3 Å². The molecule has 0 aliphatic carbocycles. The van der Waals surface area contributed by atoms with Gasteiger partial charge in [-0.25, -0.2) is 0 Å². The topological polar surface area (TPSA) is 49.6 Å². The van der Waals surface area contributed by atoms with E-state index in [0.29, 0.717) is 12.1 Å². The van der Waals surface area contributed by atoms with Crippen molar-refractivity contribution in [2.45, 2.75) is 18.5 Å². The first-order valence-corrected chi connectivity index (χ1v) is 6.18. The summed E-state index contributed by atoms with van der Waals surface area (Å²) in [6, 6.07) is 4.67. The number of nitrogens with zero attached hydrogens (tertiary/aromatic N) is 3. The molecule has 2 bridgehead atoms. The normalized spacial score (nSPS) is 28.9. The van der Waals surface area contributed by atoms with Crippen LogP contribution in [0.15, 0.2) is 12.1 Å². The van der Waals surface area contributed by atoms with Crippen molar-refractivity contribution in [2.24, 2.45) is 0 Å². The average molecular weight is 239 g/mol. The minimum atomic E-state index is -0.311. The number of nitro groups is 1. The number of likely N-dealkylation sites (N-methyl/N-ethyl adjacent to an activating group) is 1.